The largest absolute Gasteiger partial charge is 0.347 e. The fraction of sp³-hybridized carbons (Fsp3) is 0.370. The number of barbiturate groups is 1. The number of hydrogen-bond acceptors (Lipinski definition) is 6. The van der Waals surface area contributed by atoms with Gasteiger partial charge in [-0.25, -0.2) is 9.78 Å². The van der Waals surface area contributed by atoms with E-state index in [0.717, 1.165) is 24.0 Å². The molecule has 3 aliphatic rings. The first kappa shape index (κ1) is 22.5. The molecular formula is C27H27N5O4. The number of fused-ring (bicyclic) bond motifs is 7. The number of nitrogens with one attached hydrogen (secondary N) is 1. The number of rotatable bonds is 4. The third-order valence-corrected chi connectivity index (χ3v) is 7.77. The zero-order valence-corrected chi connectivity index (χ0v) is 20.1. The molecule has 2 atom stereocenters. The lowest BCUT2D eigenvalue weighted by Crippen LogP contribution is -2.70. The smallest absolute Gasteiger partial charge is 0.330 e. The van der Waals surface area contributed by atoms with Gasteiger partial charge in [0.15, 0.2) is 5.41 Å². The Kier molecular flexibility index (Phi) is 5.17. The van der Waals surface area contributed by atoms with E-state index in [4.69, 9.17) is 4.98 Å². The summed E-state index contributed by atoms with van der Waals surface area (Å²) in [6.45, 7) is 2.77. The Hall–Kier alpha value is -4.01. The summed E-state index contributed by atoms with van der Waals surface area (Å²) in [6.07, 6.45) is 4.64. The lowest BCUT2D eigenvalue weighted by molar-refractivity contribution is -0.154. The number of benzene rings is 1. The highest BCUT2D eigenvalue weighted by Crippen LogP contribution is 2.52. The zero-order valence-electron chi connectivity index (χ0n) is 20.1. The number of imide groups is 2. The molecule has 0 saturated carbocycles. The van der Waals surface area contributed by atoms with Gasteiger partial charge >= 0.3 is 6.03 Å². The molecule has 2 unspecified atom stereocenters. The SMILES string of the molecule is CCCCCN1C(=O)NC(=O)C2(Cc3c(nc4ccccn4c3=O)N3CCc4ccccc4C32)C1=O. The molecule has 1 N–H and O–H groups in total. The minimum atomic E-state index is -1.66. The molecule has 184 valence electrons. The standard InChI is InChI=1S/C27H27N5O4/c1-2-3-7-14-32-25(35)27(24(34)29-26(32)36)16-19-22(28-20-11-6-8-13-30(20)23(19)33)31-15-12-17-9-4-5-10-18(17)21(27)31/h4-6,8-11,13,21H,2-3,7,12,14-16H2,1H3,(H,29,34,36). The molecule has 0 bridgehead atoms. The normalized spacial score (nSPS) is 22.9. The summed E-state index contributed by atoms with van der Waals surface area (Å²) in [7, 11) is 0. The molecule has 1 spiro atoms. The van der Waals surface area contributed by atoms with Crippen molar-refractivity contribution < 1.29 is 14.4 Å². The number of urea groups is 1. The van der Waals surface area contributed by atoms with Crippen LogP contribution in [0.4, 0.5) is 10.6 Å². The van der Waals surface area contributed by atoms with Gasteiger partial charge in [-0.15, -0.1) is 0 Å². The Balaban J connectivity index is 1.60. The maximum absolute atomic E-state index is 14.3. The van der Waals surface area contributed by atoms with Gasteiger partial charge in [0.25, 0.3) is 5.56 Å². The van der Waals surface area contributed by atoms with Gasteiger partial charge in [-0.3, -0.25) is 29.0 Å². The average Bonchev–Trinajstić information content (AvgIpc) is 2.89. The van der Waals surface area contributed by atoms with E-state index in [1.165, 1.54) is 9.30 Å². The Labute approximate surface area is 207 Å². The highest BCUT2D eigenvalue weighted by atomic mass is 16.2. The van der Waals surface area contributed by atoms with Crippen molar-refractivity contribution in [2.75, 3.05) is 18.0 Å². The van der Waals surface area contributed by atoms with E-state index >= 15 is 0 Å². The molecule has 4 amide bonds. The Morgan fingerprint density at radius 3 is 2.69 bits per heavy atom. The van der Waals surface area contributed by atoms with Crippen molar-refractivity contribution in [2.45, 2.75) is 45.1 Å². The van der Waals surface area contributed by atoms with Gasteiger partial charge in [-0.05, 0) is 36.1 Å². The summed E-state index contributed by atoms with van der Waals surface area (Å²) in [4.78, 5) is 62.4. The number of aromatic nitrogens is 2. The fourth-order valence-corrected chi connectivity index (χ4v) is 6.03. The molecular weight excluding hydrogens is 458 g/mol. The number of amides is 4. The molecule has 9 nitrogen and oxygen atoms in total. The molecule has 1 fully saturated rings. The average molecular weight is 486 g/mol. The van der Waals surface area contributed by atoms with E-state index in [2.05, 4.69) is 5.32 Å². The van der Waals surface area contributed by atoms with Gasteiger partial charge in [0, 0.05) is 25.7 Å². The van der Waals surface area contributed by atoms with Crippen LogP contribution in [0, 0.1) is 5.41 Å². The van der Waals surface area contributed by atoms with Crippen LogP contribution in [0.5, 0.6) is 0 Å². The topological polar surface area (TPSA) is 104 Å². The van der Waals surface area contributed by atoms with Crippen LogP contribution in [0.1, 0.15) is 48.9 Å². The Bertz CT molecular complexity index is 1480. The third kappa shape index (κ3) is 3.04. The number of unbranched alkanes of at least 4 members (excludes halogenated alkanes) is 2. The minimum Gasteiger partial charge on any atom is -0.347 e. The van der Waals surface area contributed by atoms with Gasteiger partial charge in [-0.1, -0.05) is 50.1 Å². The van der Waals surface area contributed by atoms with Crippen LogP contribution in [0.2, 0.25) is 0 Å². The lowest BCUT2D eigenvalue weighted by atomic mass is 9.65. The van der Waals surface area contributed by atoms with E-state index < -0.39 is 29.3 Å². The third-order valence-electron chi connectivity index (χ3n) is 7.77. The van der Waals surface area contributed by atoms with E-state index in [1.807, 2.05) is 42.2 Å². The number of nitrogens with zero attached hydrogens (tertiary/aromatic N) is 4. The number of anilines is 1. The second kappa shape index (κ2) is 8.29. The predicted octanol–water partition coefficient (Wildman–Crippen LogP) is 2.61. The summed E-state index contributed by atoms with van der Waals surface area (Å²) < 4.78 is 1.44. The van der Waals surface area contributed by atoms with Gasteiger partial charge in [0.1, 0.15) is 11.5 Å². The number of hydrogen-bond donors (Lipinski definition) is 1. The summed E-state index contributed by atoms with van der Waals surface area (Å²) in [6, 6.07) is 11.7. The molecule has 3 aromatic rings. The van der Waals surface area contributed by atoms with Crippen molar-refractivity contribution in [3.63, 3.8) is 0 Å². The highest BCUT2D eigenvalue weighted by molar-refractivity contribution is 6.20. The van der Waals surface area contributed by atoms with Crippen molar-refractivity contribution in [2.24, 2.45) is 5.41 Å². The van der Waals surface area contributed by atoms with E-state index in [1.54, 1.807) is 18.3 Å². The highest BCUT2D eigenvalue weighted by Gasteiger charge is 2.64. The van der Waals surface area contributed by atoms with Gasteiger partial charge in [0.2, 0.25) is 11.8 Å². The molecule has 9 heteroatoms. The minimum absolute atomic E-state index is 0.121. The Morgan fingerprint density at radius 1 is 1.06 bits per heavy atom. The van der Waals surface area contributed by atoms with Crippen LogP contribution in [-0.4, -0.2) is 45.2 Å². The zero-order chi connectivity index (χ0) is 25.0. The summed E-state index contributed by atoms with van der Waals surface area (Å²) in [5, 5.41) is 2.47. The predicted molar refractivity (Wildman–Crippen MR) is 133 cm³/mol. The second-order valence-electron chi connectivity index (χ2n) is 9.76. The van der Waals surface area contributed by atoms with Crippen LogP contribution >= 0.6 is 0 Å². The van der Waals surface area contributed by atoms with Crippen molar-refractivity contribution in [3.8, 4) is 0 Å². The van der Waals surface area contributed by atoms with Crippen molar-refractivity contribution in [1.29, 1.82) is 0 Å². The number of pyridine rings is 1. The first-order chi connectivity index (χ1) is 17.5. The summed E-state index contributed by atoms with van der Waals surface area (Å²) >= 11 is 0. The Morgan fingerprint density at radius 2 is 1.86 bits per heavy atom. The van der Waals surface area contributed by atoms with E-state index in [0.29, 0.717) is 36.4 Å². The van der Waals surface area contributed by atoms with Crippen LogP contribution < -0.4 is 15.8 Å². The molecule has 36 heavy (non-hydrogen) atoms. The van der Waals surface area contributed by atoms with Gasteiger partial charge in [-0.2, -0.15) is 0 Å². The van der Waals surface area contributed by atoms with Gasteiger partial charge < -0.3 is 4.90 Å². The monoisotopic (exact) mass is 485 g/mol. The first-order valence-corrected chi connectivity index (χ1v) is 12.5. The maximum atomic E-state index is 14.3. The quantitative estimate of drug-likeness (QED) is 0.450. The van der Waals surface area contributed by atoms with E-state index in [-0.39, 0.29) is 18.5 Å². The van der Waals surface area contributed by atoms with Crippen LogP contribution in [0.15, 0.2) is 53.5 Å². The molecule has 2 aromatic heterocycles. The first-order valence-electron chi connectivity index (χ1n) is 12.5. The molecule has 0 radical (unpaired) electrons. The summed E-state index contributed by atoms with van der Waals surface area (Å²) in [5.74, 6) is -0.687. The molecule has 5 heterocycles. The lowest BCUT2D eigenvalue weighted by Gasteiger charge is -2.53. The van der Waals surface area contributed by atoms with Crippen LogP contribution in [0.25, 0.3) is 5.65 Å². The molecule has 3 aliphatic heterocycles. The van der Waals surface area contributed by atoms with Crippen LogP contribution in [0.3, 0.4) is 0 Å². The second-order valence-corrected chi connectivity index (χ2v) is 9.76. The molecule has 6 rings (SSSR count). The number of carbonyl (C=O) groups excluding carboxylic acids is 3. The van der Waals surface area contributed by atoms with Crippen LogP contribution in [-0.2, 0) is 22.4 Å². The maximum Gasteiger partial charge on any atom is 0.330 e. The van der Waals surface area contributed by atoms with Crippen molar-refractivity contribution >= 4 is 29.3 Å². The van der Waals surface area contributed by atoms with Gasteiger partial charge in [0.05, 0.1) is 11.6 Å². The summed E-state index contributed by atoms with van der Waals surface area (Å²) in [5.41, 5.74) is 0.770. The van der Waals surface area contributed by atoms with Crippen molar-refractivity contribution in [3.05, 3.63) is 75.7 Å². The number of carbonyl (C=O) groups is 3. The van der Waals surface area contributed by atoms with Crippen molar-refractivity contribution in [1.82, 2.24) is 19.6 Å². The molecule has 1 saturated heterocycles. The molecule has 1 aromatic carbocycles. The fourth-order valence-electron chi connectivity index (χ4n) is 6.03. The molecule has 0 aliphatic carbocycles. The van der Waals surface area contributed by atoms with E-state index in [9.17, 15) is 19.2 Å².